The fourth-order valence-corrected chi connectivity index (χ4v) is 3.13. The Bertz CT molecular complexity index is 282. The van der Waals surface area contributed by atoms with Gasteiger partial charge in [0.15, 0.2) is 6.16 Å². The first kappa shape index (κ1) is 10.3. The normalized spacial score (nSPS) is 22.3. The van der Waals surface area contributed by atoms with Crippen molar-refractivity contribution in [3.63, 3.8) is 0 Å². The molecular weight excluding hydrogens is 210 g/mol. The van der Waals surface area contributed by atoms with Gasteiger partial charge >= 0.3 is 18.2 Å². The number of rotatable bonds is 3. The lowest BCUT2D eigenvalue weighted by atomic mass is 10.2. The Morgan fingerprint density at radius 1 is 1.50 bits per heavy atom. The van der Waals surface area contributed by atoms with Gasteiger partial charge in [-0.2, -0.15) is 13.3 Å². The number of halogens is 1. The lowest BCUT2D eigenvalue weighted by Gasteiger charge is -2.13. The molecule has 0 aromatic rings. The summed E-state index contributed by atoms with van der Waals surface area (Å²) in [7, 11) is -7.69. The summed E-state index contributed by atoms with van der Waals surface area (Å²) in [6.07, 6.45) is -0.348. The van der Waals surface area contributed by atoms with Crippen molar-refractivity contribution in [3.8, 4) is 0 Å². The third kappa shape index (κ3) is 2.11. The average molecular weight is 219 g/mol. The summed E-state index contributed by atoms with van der Waals surface area (Å²) in [5, 5.41) is 0. The molecule has 1 N–H and O–H groups in total. The van der Waals surface area contributed by atoms with Crippen LogP contribution < -0.4 is 0 Å². The van der Waals surface area contributed by atoms with E-state index in [2.05, 4.69) is 9.35 Å². The summed E-state index contributed by atoms with van der Waals surface area (Å²) < 4.78 is 40.1. The van der Waals surface area contributed by atoms with Gasteiger partial charge in [0.25, 0.3) is 0 Å². The van der Waals surface area contributed by atoms with Crippen molar-refractivity contribution in [1.29, 1.82) is 0 Å². The first-order valence-corrected chi connectivity index (χ1v) is 6.24. The largest absolute Gasteiger partial charge is 0.497 e. The van der Waals surface area contributed by atoms with Crippen LogP contribution in [0.4, 0.5) is 3.89 Å². The van der Waals surface area contributed by atoms with E-state index in [0.29, 0.717) is 0 Å². The lowest BCUT2D eigenvalue weighted by Crippen LogP contribution is -2.32. The molecule has 1 fully saturated rings. The van der Waals surface area contributed by atoms with Gasteiger partial charge in [0.05, 0.1) is 0 Å². The Hall–Kier alpha value is 0.190. The van der Waals surface area contributed by atoms with E-state index in [0.717, 1.165) is 13.8 Å². The summed E-state index contributed by atoms with van der Waals surface area (Å²) in [4.78, 5) is 9.06. The zero-order valence-corrected chi connectivity index (χ0v) is 8.23. The Kier molecular flexibility index (Phi) is 2.22. The van der Waals surface area contributed by atoms with Crippen LogP contribution >= 0.6 is 7.94 Å². The second-order valence-electron chi connectivity index (χ2n) is 3.14. The second kappa shape index (κ2) is 2.59. The highest BCUT2D eigenvalue weighted by atomic mass is 32.3. The number of hydrogen-bond acceptors (Lipinski definition) is 5. The fourth-order valence-electron chi connectivity index (χ4n) is 0.649. The predicted octanol–water partition coefficient (Wildman–Crippen LogP) is 0.781. The molecule has 0 saturated carbocycles. The lowest BCUT2D eigenvalue weighted by molar-refractivity contribution is 0.0850. The smallest absolute Gasteiger partial charge is 0.194 e. The molecule has 0 aromatic heterocycles. The molecule has 0 aromatic carbocycles. The van der Waals surface area contributed by atoms with E-state index in [1.165, 1.54) is 0 Å². The van der Waals surface area contributed by atoms with E-state index in [1.807, 2.05) is 0 Å². The van der Waals surface area contributed by atoms with Gasteiger partial charge in [-0.15, -0.1) is 3.89 Å². The molecule has 1 rings (SSSR count). The van der Waals surface area contributed by atoms with Crippen LogP contribution in [0, 0.1) is 0 Å². The molecule has 0 bridgehead atoms. The van der Waals surface area contributed by atoms with E-state index in [-0.39, 0.29) is 6.16 Å². The SMILES string of the molecule is CC(C)(C[P+]1(O)OO1)S(=O)(=O)F. The van der Waals surface area contributed by atoms with Gasteiger partial charge in [0.1, 0.15) is 4.75 Å². The van der Waals surface area contributed by atoms with Crippen molar-refractivity contribution < 1.29 is 26.5 Å². The molecule has 0 unspecified atom stereocenters. The minimum absolute atomic E-state index is 0.348. The van der Waals surface area contributed by atoms with Gasteiger partial charge in [-0.05, 0) is 13.8 Å². The zero-order valence-electron chi connectivity index (χ0n) is 6.52. The van der Waals surface area contributed by atoms with Crippen LogP contribution in [-0.2, 0) is 19.6 Å². The highest BCUT2D eigenvalue weighted by Gasteiger charge is 2.67. The summed E-state index contributed by atoms with van der Waals surface area (Å²) in [6, 6.07) is 0. The van der Waals surface area contributed by atoms with Gasteiger partial charge in [-0.1, -0.05) is 0 Å². The van der Waals surface area contributed by atoms with E-state index < -0.39 is 22.9 Å². The van der Waals surface area contributed by atoms with Crippen molar-refractivity contribution >= 4 is 18.2 Å². The third-order valence-corrected chi connectivity index (χ3v) is 4.85. The molecule has 12 heavy (non-hydrogen) atoms. The number of hydrogen-bond donors (Lipinski definition) is 1. The zero-order chi connectivity index (χ0) is 9.62. The maximum atomic E-state index is 12.5. The highest BCUT2D eigenvalue weighted by Crippen LogP contribution is 2.73. The van der Waals surface area contributed by atoms with Crippen molar-refractivity contribution in [1.82, 2.24) is 0 Å². The Labute approximate surface area is 70.2 Å². The topological polar surface area (TPSA) is 79.4 Å². The van der Waals surface area contributed by atoms with Crippen LogP contribution in [0.15, 0.2) is 0 Å². The van der Waals surface area contributed by atoms with Crippen LogP contribution in [0.5, 0.6) is 0 Å². The maximum Gasteiger partial charge on any atom is 0.497 e. The predicted molar refractivity (Wildman–Crippen MR) is 40.3 cm³/mol. The highest BCUT2D eigenvalue weighted by molar-refractivity contribution is 7.88. The molecule has 1 heterocycles. The molecule has 0 radical (unpaired) electrons. The molecule has 0 aliphatic carbocycles. The monoisotopic (exact) mass is 219 g/mol. The van der Waals surface area contributed by atoms with Gasteiger partial charge in [-0.25, -0.2) is 0 Å². The van der Waals surface area contributed by atoms with Crippen LogP contribution in [0.25, 0.3) is 0 Å². The van der Waals surface area contributed by atoms with Gasteiger partial charge in [-0.3, -0.25) is 0 Å². The molecule has 0 spiro atoms. The second-order valence-corrected chi connectivity index (χ2v) is 7.01. The van der Waals surface area contributed by atoms with Crippen LogP contribution in [-0.4, -0.2) is 24.2 Å². The van der Waals surface area contributed by atoms with E-state index >= 15 is 0 Å². The minimum Gasteiger partial charge on any atom is -0.194 e. The van der Waals surface area contributed by atoms with E-state index in [9.17, 15) is 12.3 Å². The van der Waals surface area contributed by atoms with Crippen molar-refractivity contribution in [3.05, 3.63) is 0 Å². The standard InChI is InChI=1S/C4H9FO5PS/c1-4(2,12(5,7)8)3-11(6)9-10-11/h6H,3H2,1-2H3/q+1. The molecule has 5 nitrogen and oxygen atoms in total. The van der Waals surface area contributed by atoms with E-state index in [1.54, 1.807) is 0 Å². The molecule has 1 aliphatic rings. The van der Waals surface area contributed by atoms with Gasteiger partial charge in [0, 0.05) is 9.35 Å². The molecule has 0 amide bonds. The summed E-state index contributed by atoms with van der Waals surface area (Å²) in [6.45, 7) is 2.32. The summed E-state index contributed by atoms with van der Waals surface area (Å²) >= 11 is 0. The fraction of sp³-hybridized carbons (Fsp3) is 1.00. The van der Waals surface area contributed by atoms with Crippen LogP contribution in [0.3, 0.4) is 0 Å². The Morgan fingerprint density at radius 2 is 1.92 bits per heavy atom. The first-order valence-electron chi connectivity index (χ1n) is 3.09. The van der Waals surface area contributed by atoms with Crippen molar-refractivity contribution in [2.24, 2.45) is 0 Å². The Morgan fingerprint density at radius 3 is 2.17 bits per heavy atom. The molecule has 1 saturated heterocycles. The van der Waals surface area contributed by atoms with Crippen molar-refractivity contribution in [2.45, 2.75) is 18.6 Å². The molecule has 72 valence electrons. The molecule has 0 atom stereocenters. The Balaban J connectivity index is 2.73. The third-order valence-electron chi connectivity index (χ3n) is 1.49. The molecule has 1 aliphatic heterocycles. The molecular formula is C4H9FO5PS+. The van der Waals surface area contributed by atoms with Crippen LogP contribution in [0.1, 0.15) is 13.8 Å². The van der Waals surface area contributed by atoms with Crippen molar-refractivity contribution in [2.75, 3.05) is 6.16 Å². The van der Waals surface area contributed by atoms with Crippen LogP contribution in [0.2, 0.25) is 0 Å². The minimum atomic E-state index is -4.69. The first-order chi connectivity index (χ1) is 5.16. The summed E-state index contributed by atoms with van der Waals surface area (Å²) in [5.41, 5.74) is 0. The van der Waals surface area contributed by atoms with E-state index in [4.69, 9.17) is 4.89 Å². The summed E-state index contributed by atoms with van der Waals surface area (Å²) in [5.74, 6) is 0. The quantitative estimate of drug-likeness (QED) is 0.328. The maximum absolute atomic E-state index is 12.5. The molecule has 8 heteroatoms. The van der Waals surface area contributed by atoms with Gasteiger partial charge < -0.3 is 0 Å². The average Bonchev–Trinajstić information content (AvgIpc) is 2.42. The van der Waals surface area contributed by atoms with Gasteiger partial charge in [0.2, 0.25) is 0 Å².